The van der Waals surface area contributed by atoms with E-state index in [4.69, 9.17) is 9.84 Å². The summed E-state index contributed by atoms with van der Waals surface area (Å²) in [5, 5.41) is 11.9. The number of thiophene rings is 2. The molecule has 2 aromatic heterocycles. The highest BCUT2D eigenvalue weighted by atomic mass is 32.1. The van der Waals surface area contributed by atoms with Gasteiger partial charge in [-0.2, -0.15) is 0 Å². The molecule has 0 atom stereocenters. The molecule has 5 nitrogen and oxygen atoms in total. The molecule has 5 rings (SSSR count). The minimum absolute atomic E-state index is 0.0321. The van der Waals surface area contributed by atoms with Gasteiger partial charge in [0, 0.05) is 20.2 Å². The number of benzene rings is 2. The summed E-state index contributed by atoms with van der Waals surface area (Å²) in [4.78, 5) is 24.6. The van der Waals surface area contributed by atoms with Crippen LogP contribution in [0.5, 0.6) is 0 Å². The van der Waals surface area contributed by atoms with E-state index in [2.05, 4.69) is 29.6 Å². The van der Waals surface area contributed by atoms with Gasteiger partial charge in [0.1, 0.15) is 11.5 Å². The number of rotatable bonds is 5. The minimum atomic E-state index is -0.915. The van der Waals surface area contributed by atoms with Crippen molar-refractivity contribution in [1.29, 1.82) is 0 Å². The topological polar surface area (TPSA) is 75.6 Å². The normalized spacial score (nSPS) is 12.5. The van der Waals surface area contributed by atoms with Crippen LogP contribution in [0.25, 0.3) is 20.5 Å². The number of hydrogen-bond acceptors (Lipinski definition) is 5. The molecule has 1 amide bonds. The first-order valence-corrected chi connectivity index (χ1v) is 11.1. The molecule has 0 aliphatic heterocycles. The molecule has 2 aromatic carbocycles. The number of carbonyl (C=O) groups excluding carboxylic acids is 1. The highest BCUT2D eigenvalue weighted by Crippen LogP contribution is 2.44. The summed E-state index contributed by atoms with van der Waals surface area (Å²) in [6.45, 7) is 0.631. The summed E-state index contributed by atoms with van der Waals surface area (Å²) < 4.78 is 7.38. The second-order valence-corrected chi connectivity index (χ2v) is 9.29. The zero-order chi connectivity index (χ0) is 20.7. The summed E-state index contributed by atoms with van der Waals surface area (Å²) in [6, 6.07) is 20.0. The number of carbonyl (C=O) groups is 2. The number of hydrogen-bond donors (Lipinski definition) is 2. The number of carboxylic acids is 1. The first-order chi connectivity index (χ1) is 14.6. The molecule has 7 heteroatoms. The molecule has 1 aliphatic carbocycles. The van der Waals surface area contributed by atoms with Gasteiger partial charge in [-0.15, -0.1) is 22.7 Å². The zero-order valence-electron chi connectivity index (χ0n) is 15.8. The molecule has 30 heavy (non-hydrogen) atoms. The number of alkyl carbamates (subject to hydrolysis) is 1. The summed E-state index contributed by atoms with van der Waals surface area (Å²) in [7, 11) is 0. The van der Waals surface area contributed by atoms with Crippen LogP contribution in [0.2, 0.25) is 0 Å². The highest BCUT2D eigenvalue weighted by molar-refractivity contribution is 7.28. The molecule has 0 saturated heterocycles. The molecule has 0 radical (unpaired) electrons. The number of nitrogens with one attached hydrogen (secondary N) is 1. The van der Waals surface area contributed by atoms with E-state index in [1.165, 1.54) is 44.9 Å². The van der Waals surface area contributed by atoms with Gasteiger partial charge < -0.3 is 15.2 Å². The number of aromatic carboxylic acids is 1. The fraction of sp³-hybridized carbons (Fsp3) is 0.130. The Kier molecular flexibility index (Phi) is 4.77. The molecule has 0 saturated carbocycles. The maximum absolute atomic E-state index is 12.3. The van der Waals surface area contributed by atoms with Crippen LogP contribution in [0.3, 0.4) is 0 Å². The van der Waals surface area contributed by atoms with Gasteiger partial charge in [-0.25, -0.2) is 9.59 Å². The van der Waals surface area contributed by atoms with E-state index in [1.807, 2.05) is 30.3 Å². The lowest BCUT2D eigenvalue weighted by Crippen LogP contribution is -2.25. The van der Waals surface area contributed by atoms with Gasteiger partial charge in [0.15, 0.2) is 0 Å². The third-order valence-corrected chi connectivity index (χ3v) is 7.50. The third kappa shape index (κ3) is 3.36. The summed E-state index contributed by atoms with van der Waals surface area (Å²) in [6.07, 6.45) is -0.458. The Bertz CT molecular complexity index is 1200. The maximum atomic E-state index is 12.3. The Morgan fingerprint density at radius 1 is 0.933 bits per heavy atom. The molecule has 4 aromatic rings. The highest BCUT2D eigenvalue weighted by Gasteiger charge is 2.29. The molecular weight excluding hydrogens is 418 g/mol. The fourth-order valence-corrected chi connectivity index (χ4v) is 6.09. The Morgan fingerprint density at radius 2 is 1.57 bits per heavy atom. The first-order valence-electron chi connectivity index (χ1n) is 9.44. The van der Waals surface area contributed by atoms with E-state index < -0.39 is 12.1 Å². The SMILES string of the molecule is O=C(NCc1cc2sc(C(=O)O)cc2s1)OCC1c2ccccc2-c2ccccc21. The van der Waals surface area contributed by atoms with Crippen molar-refractivity contribution in [2.24, 2.45) is 0 Å². The average Bonchev–Trinajstić information content (AvgIpc) is 3.41. The molecule has 0 fully saturated rings. The Balaban J connectivity index is 1.23. The standard InChI is InChI=1S/C23H17NO4S2/c25-22(26)21-10-20-19(30-21)9-13(29-20)11-24-23(27)28-12-18-16-7-3-1-5-14(16)15-6-2-4-8-17(15)18/h1-10,18H,11-12H2,(H,24,27)(H,25,26). The molecule has 0 spiro atoms. The van der Waals surface area contributed by atoms with Gasteiger partial charge in [-0.3, -0.25) is 0 Å². The molecule has 2 heterocycles. The monoisotopic (exact) mass is 435 g/mol. The lowest BCUT2D eigenvalue weighted by molar-refractivity contribution is 0.0702. The van der Waals surface area contributed by atoms with Crippen LogP contribution in [0, 0.1) is 0 Å². The fourth-order valence-electron chi connectivity index (χ4n) is 3.89. The van der Waals surface area contributed by atoms with Gasteiger partial charge in [0.2, 0.25) is 0 Å². The van der Waals surface area contributed by atoms with Crippen molar-refractivity contribution in [3.8, 4) is 11.1 Å². The number of ether oxygens (including phenoxy) is 1. The van der Waals surface area contributed by atoms with Crippen molar-refractivity contribution in [3.63, 3.8) is 0 Å². The van der Waals surface area contributed by atoms with E-state index in [1.54, 1.807) is 6.07 Å². The van der Waals surface area contributed by atoms with Gasteiger partial charge in [0.05, 0.1) is 6.54 Å². The van der Waals surface area contributed by atoms with Crippen LogP contribution in [-0.4, -0.2) is 23.8 Å². The van der Waals surface area contributed by atoms with Gasteiger partial charge >= 0.3 is 12.1 Å². The van der Waals surface area contributed by atoms with Crippen molar-refractivity contribution >= 4 is 44.1 Å². The summed E-state index contributed by atoms with van der Waals surface area (Å²) in [5.41, 5.74) is 4.75. The largest absolute Gasteiger partial charge is 0.477 e. The maximum Gasteiger partial charge on any atom is 0.407 e. The predicted molar refractivity (Wildman–Crippen MR) is 119 cm³/mol. The van der Waals surface area contributed by atoms with Gasteiger partial charge in [-0.05, 0) is 34.4 Å². The Morgan fingerprint density at radius 3 is 2.20 bits per heavy atom. The smallest absolute Gasteiger partial charge is 0.407 e. The number of fused-ring (bicyclic) bond motifs is 4. The van der Waals surface area contributed by atoms with Gasteiger partial charge in [-0.1, -0.05) is 48.5 Å². The summed E-state index contributed by atoms with van der Waals surface area (Å²) >= 11 is 2.72. The van der Waals surface area contributed by atoms with Crippen LogP contribution in [0.1, 0.15) is 31.6 Å². The lowest BCUT2D eigenvalue weighted by Gasteiger charge is -2.14. The molecule has 0 bridgehead atoms. The third-order valence-electron chi connectivity index (χ3n) is 5.22. The predicted octanol–water partition coefficient (Wildman–Crippen LogP) is 5.70. The molecular formula is C23H17NO4S2. The van der Waals surface area contributed by atoms with E-state index in [9.17, 15) is 9.59 Å². The quantitative estimate of drug-likeness (QED) is 0.422. The van der Waals surface area contributed by atoms with E-state index in [0.717, 1.165) is 14.3 Å². The van der Waals surface area contributed by atoms with E-state index in [0.29, 0.717) is 11.4 Å². The number of amides is 1. The lowest BCUT2D eigenvalue weighted by atomic mass is 9.98. The van der Waals surface area contributed by atoms with E-state index >= 15 is 0 Å². The van der Waals surface area contributed by atoms with Crippen molar-refractivity contribution in [2.75, 3.05) is 6.61 Å². The van der Waals surface area contributed by atoms with Crippen LogP contribution in [0.4, 0.5) is 4.79 Å². The Labute approximate surface area is 180 Å². The van der Waals surface area contributed by atoms with Crippen LogP contribution in [0.15, 0.2) is 60.7 Å². The van der Waals surface area contributed by atoms with Gasteiger partial charge in [0.25, 0.3) is 0 Å². The molecule has 2 N–H and O–H groups in total. The van der Waals surface area contributed by atoms with Crippen LogP contribution >= 0.6 is 22.7 Å². The zero-order valence-corrected chi connectivity index (χ0v) is 17.4. The van der Waals surface area contributed by atoms with Crippen molar-refractivity contribution in [1.82, 2.24) is 5.32 Å². The van der Waals surface area contributed by atoms with Crippen LogP contribution in [-0.2, 0) is 11.3 Å². The molecule has 150 valence electrons. The average molecular weight is 436 g/mol. The number of carboxylic acid groups (broad SMARTS) is 1. The molecule has 0 unspecified atom stereocenters. The van der Waals surface area contributed by atoms with Crippen molar-refractivity contribution < 1.29 is 19.4 Å². The second-order valence-electron chi connectivity index (χ2n) is 7.04. The van der Waals surface area contributed by atoms with Crippen molar-refractivity contribution in [2.45, 2.75) is 12.5 Å². The minimum Gasteiger partial charge on any atom is -0.477 e. The van der Waals surface area contributed by atoms with Crippen LogP contribution < -0.4 is 5.32 Å². The second kappa shape index (κ2) is 7.59. The van der Waals surface area contributed by atoms with Crippen molar-refractivity contribution in [3.05, 3.63) is 81.5 Å². The van der Waals surface area contributed by atoms with E-state index in [-0.39, 0.29) is 12.5 Å². The Hall–Kier alpha value is -3.16. The summed E-state index contributed by atoms with van der Waals surface area (Å²) in [5.74, 6) is -0.883. The first kappa shape index (κ1) is 18.8. The molecule has 1 aliphatic rings.